The Morgan fingerprint density at radius 2 is 1.29 bits per heavy atom. The summed E-state index contributed by atoms with van der Waals surface area (Å²) in [6, 6.07) is 0. The lowest BCUT2D eigenvalue weighted by molar-refractivity contribution is 0.202. The normalized spacial score (nSPS) is 17.2. The molecule has 0 N–H and O–H groups in total. The van der Waals surface area contributed by atoms with Crippen LogP contribution < -0.4 is 0 Å². The van der Waals surface area contributed by atoms with E-state index in [4.69, 9.17) is 13.0 Å². The highest BCUT2D eigenvalue weighted by Gasteiger charge is 2.45. The van der Waals surface area contributed by atoms with Gasteiger partial charge in [-0.15, -0.1) is 0 Å². The topological polar surface area (TPSA) is 52.4 Å². The minimum Gasteiger partial charge on any atom is -0.379 e. The molecule has 2 unspecified atom stereocenters. The van der Waals surface area contributed by atoms with Crippen molar-refractivity contribution < 1.29 is 13.0 Å². The first kappa shape index (κ1) is 16.9. The molecule has 2 atom stereocenters. The van der Waals surface area contributed by atoms with E-state index in [1.807, 2.05) is 13.8 Å². The van der Waals surface area contributed by atoms with E-state index in [-0.39, 0.29) is 0 Å². The lowest BCUT2D eigenvalue weighted by atomic mass is 10.9. The maximum atomic E-state index is 5.83. The Hall–Kier alpha value is -0.0862. The van der Waals surface area contributed by atoms with Gasteiger partial charge in [-0.05, 0) is 38.3 Å². The molecule has 0 amide bonds. The molecule has 0 heterocycles. The van der Waals surface area contributed by atoms with Crippen molar-refractivity contribution in [2.75, 3.05) is 13.2 Å². The molecule has 0 radical (unpaired) electrons. The quantitative estimate of drug-likeness (QED) is 0.391. The Balaban J connectivity index is 5.03. The third-order valence-corrected chi connectivity index (χ3v) is 7.92. The highest BCUT2D eigenvalue weighted by atomic mass is 32.1. The Morgan fingerprint density at radius 3 is 1.53 bits per heavy atom. The third kappa shape index (κ3) is 6.42. The van der Waals surface area contributed by atoms with Crippen LogP contribution >= 0.6 is 24.4 Å². The lowest BCUT2D eigenvalue weighted by Gasteiger charge is -2.28. The van der Waals surface area contributed by atoms with E-state index in [0.29, 0.717) is 13.2 Å². The fourth-order valence-electron chi connectivity index (χ4n) is 1.22. The average molecular weight is 309 g/mol. The number of hydrogen-bond donors (Lipinski definition) is 0. The molecule has 17 heavy (non-hydrogen) atoms. The monoisotopic (exact) mass is 308 g/mol. The van der Waals surface area contributed by atoms with E-state index >= 15 is 0 Å². The van der Waals surface area contributed by atoms with Crippen LogP contribution in [0.25, 0.3) is 0 Å². The van der Waals surface area contributed by atoms with Crippen LogP contribution in [0.5, 0.6) is 0 Å². The molecular weight excluding hydrogens is 292 g/mol. The van der Waals surface area contributed by atoms with Crippen molar-refractivity contribution in [1.29, 1.82) is 0 Å². The number of isothiocyanates is 2. The molecule has 0 saturated carbocycles. The Morgan fingerprint density at radius 1 is 0.941 bits per heavy atom. The number of thiocarbonyl (C=S) groups is 2. The predicted molar refractivity (Wildman–Crippen MR) is 77.6 cm³/mol. The fraction of sp³-hybridized carbons (Fsp3) is 0.750. The molecule has 96 valence electrons. The highest BCUT2D eigenvalue weighted by molar-refractivity contribution is 7.78. The molecule has 0 aromatic rings. The molecule has 0 aromatic carbocycles. The first-order valence-corrected chi connectivity index (χ1v) is 10.5. The molecule has 0 aliphatic carbocycles. The van der Waals surface area contributed by atoms with Gasteiger partial charge in [-0.3, -0.25) is 0 Å². The molecule has 0 aliphatic heterocycles. The molecular formula is C8H16N2O3S2Si2. The summed E-state index contributed by atoms with van der Waals surface area (Å²) < 4.78 is 24.8. The summed E-state index contributed by atoms with van der Waals surface area (Å²) in [6.45, 7) is 8.19. The summed E-state index contributed by atoms with van der Waals surface area (Å²) >= 11 is 9.20. The summed E-state index contributed by atoms with van der Waals surface area (Å²) in [7, 11) is -5.59. The van der Waals surface area contributed by atoms with Crippen molar-refractivity contribution in [1.82, 2.24) is 0 Å². The first-order valence-electron chi connectivity index (χ1n) is 5.11. The predicted octanol–water partition coefficient (Wildman–Crippen LogP) is 2.42. The van der Waals surface area contributed by atoms with Crippen LogP contribution in [0.2, 0.25) is 13.1 Å². The average Bonchev–Trinajstić information content (AvgIpc) is 2.17. The van der Waals surface area contributed by atoms with Gasteiger partial charge in [0.05, 0.1) is 10.3 Å². The zero-order chi connectivity index (χ0) is 13.4. The van der Waals surface area contributed by atoms with Gasteiger partial charge >= 0.3 is 17.4 Å². The van der Waals surface area contributed by atoms with E-state index in [1.54, 1.807) is 13.1 Å². The van der Waals surface area contributed by atoms with Gasteiger partial charge in [0.2, 0.25) is 0 Å². The first-order chi connectivity index (χ1) is 7.95. The van der Waals surface area contributed by atoms with Gasteiger partial charge < -0.3 is 13.0 Å². The molecule has 0 aromatic heterocycles. The van der Waals surface area contributed by atoms with Gasteiger partial charge in [0.15, 0.2) is 0 Å². The summed E-state index contributed by atoms with van der Waals surface area (Å²) in [5, 5.41) is 4.60. The highest BCUT2D eigenvalue weighted by Crippen LogP contribution is 2.18. The van der Waals surface area contributed by atoms with Crippen molar-refractivity contribution in [3.63, 3.8) is 0 Å². The van der Waals surface area contributed by atoms with Gasteiger partial charge in [0.1, 0.15) is 0 Å². The molecule has 0 aliphatic rings. The number of hydrogen-bond acceptors (Lipinski definition) is 7. The molecule has 9 heteroatoms. The van der Waals surface area contributed by atoms with Gasteiger partial charge in [0, 0.05) is 26.3 Å². The summed E-state index contributed by atoms with van der Waals surface area (Å²) in [5.41, 5.74) is 0. The zero-order valence-corrected chi connectivity index (χ0v) is 14.0. The van der Waals surface area contributed by atoms with E-state index in [9.17, 15) is 0 Å². The van der Waals surface area contributed by atoms with Crippen molar-refractivity contribution >= 4 is 52.2 Å². The summed E-state index contributed by atoms with van der Waals surface area (Å²) in [6.07, 6.45) is 0. The maximum Gasteiger partial charge on any atom is 0.476 e. The number of nitrogens with zero attached hydrogens (tertiary/aromatic N) is 2. The standard InChI is InChI=1S/C8H16N2O3S2Si2/c1-5-11-16(3,9-7-14)13-17(4,10-8-15)12-6-2/h5-6H2,1-4H3. The summed E-state index contributed by atoms with van der Waals surface area (Å²) in [4.78, 5) is 0. The smallest absolute Gasteiger partial charge is 0.379 e. The van der Waals surface area contributed by atoms with Gasteiger partial charge in [0.25, 0.3) is 0 Å². The van der Waals surface area contributed by atoms with Crippen LogP contribution in [0.15, 0.2) is 9.32 Å². The van der Waals surface area contributed by atoms with Gasteiger partial charge in [-0.2, -0.15) is 0 Å². The number of rotatable bonds is 8. The van der Waals surface area contributed by atoms with Crippen molar-refractivity contribution in [2.24, 2.45) is 9.32 Å². The van der Waals surface area contributed by atoms with E-state index in [0.717, 1.165) is 0 Å². The minimum absolute atomic E-state index is 0.473. The van der Waals surface area contributed by atoms with Crippen LogP contribution in [0.3, 0.4) is 0 Å². The SMILES string of the molecule is CCO[Si](C)(N=C=S)O[Si](C)(N=C=S)OCC. The second-order valence-electron chi connectivity index (χ2n) is 3.17. The minimum atomic E-state index is -2.79. The largest absolute Gasteiger partial charge is 0.476 e. The van der Waals surface area contributed by atoms with E-state index in [1.165, 1.54) is 0 Å². The van der Waals surface area contributed by atoms with Crippen LogP contribution in [0.1, 0.15) is 13.8 Å². The molecule has 0 spiro atoms. The second-order valence-corrected chi connectivity index (χ2v) is 8.97. The summed E-state index contributed by atoms with van der Waals surface area (Å²) in [5.74, 6) is 0. The Labute approximate surface area is 115 Å². The molecule has 0 rings (SSSR count). The molecule has 5 nitrogen and oxygen atoms in total. The Kier molecular flexibility index (Phi) is 8.05. The van der Waals surface area contributed by atoms with Crippen LogP contribution in [-0.4, -0.2) is 41.0 Å². The fourth-order valence-corrected chi connectivity index (χ4v) is 7.40. The van der Waals surface area contributed by atoms with Gasteiger partial charge in [-0.25, -0.2) is 9.32 Å². The molecule has 0 fully saturated rings. The van der Waals surface area contributed by atoms with E-state index in [2.05, 4.69) is 44.1 Å². The van der Waals surface area contributed by atoms with Crippen molar-refractivity contribution in [3.05, 3.63) is 0 Å². The van der Waals surface area contributed by atoms with Crippen molar-refractivity contribution in [2.45, 2.75) is 26.9 Å². The third-order valence-electron chi connectivity index (χ3n) is 1.70. The second kappa shape index (κ2) is 8.09. The lowest BCUT2D eigenvalue weighted by Crippen LogP contribution is -2.50. The van der Waals surface area contributed by atoms with Gasteiger partial charge in [-0.1, -0.05) is 0 Å². The molecule has 0 saturated heterocycles. The van der Waals surface area contributed by atoms with Crippen LogP contribution in [-0.2, 0) is 13.0 Å². The van der Waals surface area contributed by atoms with Crippen LogP contribution in [0.4, 0.5) is 0 Å². The molecule has 0 bridgehead atoms. The van der Waals surface area contributed by atoms with E-state index < -0.39 is 17.4 Å². The Bertz CT molecular complexity index is 316. The zero-order valence-electron chi connectivity index (χ0n) is 10.3. The van der Waals surface area contributed by atoms with Crippen molar-refractivity contribution in [3.8, 4) is 0 Å². The maximum absolute atomic E-state index is 5.83. The van der Waals surface area contributed by atoms with Crippen LogP contribution in [0, 0.1) is 0 Å².